The summed E-state index contributed by atoms with van der Waals surface area (Å²) in [5, 5.41) is 29.9. The van der Waals surface area contributed by atoms with Crippen molar-refractivity contribution in [3.05, 3.63) is 92.3 Å². The van der Waals surface area contributed by atoms with Gasteiger partial charge >= 0.3 is 5.69 Å². The second-order valence-electron chi connectivity index (χ2n) is 7.96. The van der Waals surface area contributed by atoms with Gasteiger partial charge in [0.05, 0.1) is 20.8 Å². The molecule has 1 aliphatic rings. The molecule has 0 unspecified atom stereocenters. The SMILES string of the molecule is COc1ccc(C(c2ccc(OC)cc2)c2cn([C@@H]3O[C@H](CO)[C@@H](O)[C@H]3O)c(=O)[nH]c2=O)cc1. The molecule has 0 spiro atoms. The second-order valence-corrected chi connectivity index (χ2v) is 7.96. The van der Waals surface area contributed by atoms with E-state index in [1.807, 2.05) is 24.3 Å². The zero-order valence-corrected chi connectivity index (χ0v) is 18.6. The fourth-order valence-electron chi connectivity index (χ4n) is 4.15. The predicted octanol–water partition coefficient (Wildman–Crippen LogP) is 0.345. The molecule has 34 heavy (non-hydrogen) atoms. The van der Waals surface area contributed by atoms with Crippen LogP contribution in [0.2, 0.25) is 0 Å². The van der Waals surface area contributed by atoms with Crippen LogP contribution in [0.25, 0.3) is 0 Å². The van der Waals surface area contributed by atoms with Gasteiger partial charge in [0.15, 0.2) is 6.23 Å². The zero-order valence-electron chi connectivity index (χ0n) is 18.6. The number of aromatic nitrogens is 2. The third-order valence-corrected chi connectivity index (χ3v) is 6.00. The number of H-pyrrole nitrogens is 1. The van der Waals surface area contributed by atoms with Crippen molar-refractivity contribution in [3.63, 3.8) is 0 Å². The van der Waals surface area contributed by atoms with Crippen molar-refractivity contribution in [3.8, 4) is 11.5 Å². The first-order valence-electron chi connectivity index (χ1n) is 10.6. The lowest BCUT2D eigenvalue weighted by atomic mass is 9.86. The van der Waals surface area contributed by atoms with Crippen LogP contribution in [0, 0.1) is 0 Å². The van der Waals surface area contributed by atoms with Gasteiger partial charge < -0.3 is 29.5 Å². The van der Waals surface area contributed by atoms with Crippen LogP contribution in [0.5, 0.6) is 11.5 Å². The number of nitrogens with zero attached hydrogens (tertiary/aromatic N) is 1. The number of nitrogens with one attached hydrogen (secondary N) is 1. The topological polar surface area (TPSA) is 143 Å². The molecule has 1 aromatic heterocycles. The van der Waals surface area contributed by atoms with Crippen LogP contribution in [-0.4, -0.2) is 64.0 Å². The van der Waals surface area contributed by atoms with E-state index >= 15 is 0 Å². The molecular formula is C24H26N2O8. The highest BCUT2D eigenvalue weighted by atomic mass is 16.6. The summed E-state index contributed by atoms with van der Waals surface area (Å²) >= 11 is 0. The Hall–Kier alpha value is -3.44. The van der Waals surface area contributed by atoms with Gasteiger partial charge in [-0.05, 0) is 35.4 Å². The lowest BCUT2D eigenvalue weighted by molar-refractivity contribution is -0.0551. The maximum Gasteiger partial charge on any atom is 0.330 e. The van der Waals surface area contributed by atoms with Gasteiger partial charge in [-0.1, -0.05) is 24.3 Å². The summed E-state index contributed by atoms with van der Waals surface area (Å²) in [6, 6.07) is 14.3. The van der Waals surface area contributed by atoms with Crippen molar-refractivity contribution < 1.29 is 29.5 Å². The Balaban J connectivity index is 1.86. The van der Waals surface area contributed by atoms with Gasteiger partial charge in [-0.3, -0.25) is 14.3 Å². The standard InChI is InChI=1S/C24H26N2O8/c1-32-15-7-3-13(4-8-15)19(14-5-9-16(33-2)10-6-14)17-11-26(24(31)25-22(17)30)23-21(29)20(28)18(12-27)34-23/h3-11,18-21,23,27-29H,12H2,1-2H3,(H,25,30,31)/t18-,20-,21-,23-/m1/s1. The highest BCUT2D eigenvalue weighted by Crippen LogP contribution is 2.33. The molecule has 1 saturated heterocycles. The van der Waals surface area contributed by atoms with Gasteiger partial charge in [0, 0.05) is 17.7 Å². The zero-order chi connectivity index (χ0) is 24.4. The highest BCUT2D eigenvalue weighted by Gasteiger charge is 2.44. The first kappa shape index (κ1) is 23.7. The summed E-state index contributed by atoms with van der Waals surface area (Å²) in [5.74, 6) is 0.690. The Labute approximate surface area is 194 Å². The molecule has 4 atom stereocenters. The monoisotopic (exact) mass is 470 g/mol. The van der Waals surface area contributed by atoms with E-state index in [2.05, 4.69) is 4.98 Å². The largest absolute Gasteiger partial charge is 0.497 e. The quantitative estimate of drug-likeness (QED) is 0.387. The van der Waals surface area contributed by atoms with Crippen molar-refractivity contribution in [1.82, 2.24) is 9.55 Å². The van der Waals surface area contributed by atoms with Gasteiger partial charge in [0.2, 0.25) is 0 Å². The maximum absolute atomic E-state index is 13.0. The van der Waals surface area contributed by atoms with Crippen molar-refractivity contribution in [2.75, 3.05) is 20.8 Å². The van der Waals surface area contributed by atoms with Crippen LogP contribution in [-0.2, 0) is 4.74 Å². The Bertz CT molecular complexity index is 1190. The van der Waals surface area contributed by atoms with Crippen LogP contribution in [0.1, 0.15) is 28.8 Å². The van der Waals surface area contributed by atoms with Gasteiger partial charge in [-0.25, -0.2) is 4.79 Å². The normalized spacial score (nSPS) is 22.2. The minimum atomic E-state index is -1.48. The van der Waals surface area contributed by atoms with Gasteiger partial charge in [-0.2, -0.15) is 0 Å². The molecule has 10 nitrogen and oxygen atoms in total. The molecular weight excluding hydrogens is 444 g/mol. The summed E-state index contributed by atoms with van der Waals surface area (Å²) < 4.78 is 17.0. The van der Waals surface area contributed by atoms with E-state index in [0.717, 1.165) is 15.7 Å². The molecule has 0 radical (unpaired) electrons. The van der Waals surface area contributed by atoms with Crippen molar-refractivity contribution in [2.24, 2.45) is 0 Å². The molecule has 1 fully saturated rings. The fraction of sp³-hybridized carbons (Fsp3) is 0.333. The van der Waals surface area contributed by atoms with Crippen LogP contribution in [0.15, 0.2) is 64.3 Å². The number of benzene rings is 2. The molecule has 0 aliphatic carbocycles. The van der Waals surface area contributed by atoms with Crippen LogP contribution in [0.4, 0.5) is 0 Å². The number of aliphatic hydroxyl groups is 3. The molecule has 0 saturated carbocycles. The summed E-state index contributed by atoms with van der Waals surface area (Å²) in [6.07, 6.45) is -3.91. The average Bonchev–Trinajstić information content (AvgIpc) is 3.14. The number of aromatic amines is 1. The summed E-state index contributed by atoms with van der Waals surface area (Å²) in [5.41, 5.74) is 0.301. The second kappa shape index (κ2) is 9.82. The molecule has 3 aromatic rings. The minimum absolute atomic E-state index is 0.215. The van der Waals surface area contributed by atoms with E-state index in [1.165, 1.54) is 6.20 Å². The Morgan fingerprint density at radius 3 is 1.91 bits per heavy atom. The van der Waals surface area contributed by atoms with Crippen LogP contribution in [0.3, 0.4) is 0 Å². The predicted molar refractivity (Wildman–Crippen MR) is 121 cm³/mol. The summed E-state index contributed by atoms with van der Waals surface area (Å²) in [6.45, 7) is -0.542. The number of hydrogen-bond acceptors (Lipinski definition) is 8. The molecule has 2 aromatic carbocycles. The smallest absolute Gasteiger partial charge is 0.330 e. The molecule has 0 bridgehead atoms. The number of rotatable bonds is 7. The van der Waals surface area contributed by atoms with E-state index in [4.69, 9.17) is 14.2 Å². The number of ether oxygens (including phenoxy) is 3. The minimum Gasteiger partial charge on any atom is -0.497 e. The lowest BCUT2D eigenvalue weighted by Crippen LogP contribution is -2.39. The van der Waals surface area contributed by atoms with Gasteiger partial charge in [0.25, 0.3) is 5.56 Å². The Kier molecular flexibility index (Phi) is 6.85. The Morgan fingerprint density at radius 2 is 1.47 bits per heavy atom. The number of aliphatic hydroxyl groups excluding tert-OH is 3. The molecule has 4 N–H and O–H groups in total. The van der Waals surface area contributed by atoms with Crippen LogP contribution < -0.4 is 20.7 Å². The van der Waals surface area contributed by atoms with Gasteiger partial charge in [0.1, 0.15) is 29.8 Å². The van der Waals surface area contributed by atoms with E-state index in [9.17, 15) is 24.9 Å². The van der Waals surface area contributed by atoms with E-state index < -0.39 is 48.3 Å². The van der Waals surface area contributed by atoms with Gasteiger partial charge in [-0.15, -0.1) is 0 Å². The lowest BCUT2D eigenvalue weighted by Gasteiger charge is -2.22. The third kappa shape index (κ3) is 4.36. The van der Waals surface area contributed by atoms with Crippen molar-refractivity contribution >= 4 is 0 Å². The van der Waals surface area contributed by atoms with E-state index in [0.29, 0.717) is 11.5 Å². The number of methoxy groups -OCH3 is 2. The molecule has 10 heteroatoms. The number of hydrogen-bond donors (Lipinski definition) is 4. The van der Waals surface area contributed by atoms with Crippen LogP contribution >= 0.6 is 0 Å². The molecule has 2 heterocycles. The first-order chi connectivity index (χ1) is 16.4. The fourth-order valence-corrected chi connectivity index (χ4v) is 4.15. The average molecular weight is 470 g/mol. The first-order valence-corrected chi connectivity index (χ1v) is 10.6. The third-order valence-electron chi connectivity index (χ3n) is 6.00. The Morgan fingerprint density at radius 1 is 0.941 bits per heavy atom. The molecule has 4 rings (SSSR count). The van der Waals surface area contributed by atoms with E-state index in [1.54, 1.807) is 38.5 Å². The highest BCUT2D eigenvalue weighted by molar-refractivity contribution is 5.44. The maximum atomic E-state index is 13.0. The summed E-state index contributed by atoms with van der Waals surface area (Å²) in [7, 11) is 3.11. The van der Waals surface area contributed by atoms with Crippen molar-refractivity contribution in [2.45, 2.75) is 30.5 Å². The summed E-state index contributed by atoms with van der Waals surface area (Å²) in [4.78, 5) is 27.9. The molecule has 1 aliphatic heterocycles. The molecule has 0 amide bonds. The van der Waals surface area contributed by atoms with E-state index in [-0.39, 0.29) is 5.56 Å². The van der Waals surface area contributed by atoms with Crippen molar-refractivity contribution in [1.29, 1.82) is 0 Å². The molecule has 180 valence electrons.